The van der Waals surface area contributed by atoms with Gasteiger partial charge < -0.3 is 9.80 Å². The van der Waals surface area contributed by atoms with Crippen LogP contribution in [0.5, 0.6) is 0 Å². The lowest BCUT2D eigenvalue weighted by molar-refractivity contribution is -0.141. The van der Waals surface area contributed by atoms with Gasteiger partial charge in [0.25, 0.3) is 0 Å². The first-order valence-corrected chi connectivity index (χ1v) is 8.54. The molecule has 1 fully saturated rings. The average molecular weight is 337 g/mol. The zero-order valence-corrected chi connectivity index (χ0v) is 14.8. The van der Waals surface area contributed by atoms with Gasteiger partial charge in [0.15, 0.2) is 0 Å². The summed E-state index contributed by atoms with van der Waals surface area (Å²) in [6, 6.07) is 7.56. The van der Waals surface area contributed by atoms with Crippen LogP contribution in [0.1, 0.15) is 32.3 Å². The lowest BCUT2D eigenvalue weighted by Crippen LogP contribution is -2.44. The number of benzene rings is 1. The molecule has 0 saturated carbocycles. The second-order valence-electron chi connectivity index (χ2n) is 6.58. The maximum absolute atomic E-state index is 12.6. The van der Waals surface area contributed by atoms with E-state index in [1.165, 1.54) is 0 Å². The molecule has 4 nitrogen and oxygen atoms in total. The number of amides is 2. The predicted octanol–water partition coefficient (Wildman–Crippen LogP) is 3.19. The van der Waals surface area contributed by atoms with Crippen LogP contribution >= 0.6 is 11.6 Å². The van der Waals surface area contributed by atoms with Gasteiger partial charge in [0, 0.05) is 43.5 Å². The van der Waals surface area contributed by atoms with Crippen LogP contribution in [-0.2, 0) is 16.1 Å². The van der Waals surface area contributed by atoms with Crippen LogP contribution in [0.2, 0.25) is 5.02 Å². The Morgan fingerprint density at radius 1 is 1.22 bits per heavy atom. The highest BCUT2D eigenvalue weighted by molar-refractivity contribution is 6.30. The van der Waals surface area contributed by atoms with Crippen LogP contribution in [0.25, 0.3) is 0 Å². The maximum atomic E-state index is 12.6. The van der Waals surface area contributed by atoms with Crippen molar-refractivity contribution < 1.29 is 9.59 Å². The largest absolute Gasteiger partial charge is 0.342 e. The number of rotatable bonds is 4. The minimum atomic E-state index is 0.0171. The molecule has 2 amide bonds. The van der Waals surface area contributed by atoms with Gasteiger partial charge in [0.05, 0.1) is 0 Å². The van der Waals surface area contributed by atoms with E-state index < -0.39 is 0 Å². The summed E-state index contributed by atoms with van der Waals surface area (Å²) < 4.78 is 0. The third kappa shape index (κ3) is 4.71. The SMILES string of the molecule is CC(C)C(=O)N1CCC(C(=O)N(C)Cc2ccc(Cl)cc2)CC1. The molecular weight excluding hydrogens is 312 g/mol. The third-order valence-corrected chi connectivity index (χ3v) is 4.61. The van der Waals surface area contributed by atoms with E-state index >= 15 is 0 Å². The lowest BCUT2D eigenvalue weighted by Gasteiger charge is -2.34. The van der Waals surface area contributed by atoms with Gasteiger partial charge in [-0.05, 0) is 30.5 Å². The molecule has 1 aromatic rings. The Hall–Kier alpha value is -1.55. The number of hydrogen-bond acceptors (Lipinski definition) is 2. The molecule has 0 N–H and O–H groups in total. The molecule has 5 heteroatoms. The van der Waals surface area contributed by atoms with Crippen molar-refractivity contribution in [2.24, 2.45) is 11.8 Å². The van der Waals surface area contributed by atoms with E-state index in [-0.39, 0.29) is 23.7 Å². The van der Waals surface area contributed by atoms with Crippen molar-refractivity contribution in [3.05, 3.63) is 34.9 Å². The Bertz CT molecular complexity index is 549. The number of nitrogens with zero attached hydrogens (tertiary/aromatic N) is 2. The first-order chi connectivity index (χ1) is 10.9. The minimum absolute atomic E-state index is 0.0171. The number of hydrogen-bond donors (Lipinski definition) is 0. The average Bonchev–Trinajstić information content (AvgIpc) is 2.55. The summed E-state index contributed by atoms with van der Waals surface area (Å²) in [7, 11) is 1.84. The molecule has 2 rings (SSSR count). The zero-order valence-electron chi connectivity index (χ0n) is 14.1. The van der Waals surface area contributed by atoms with Gasteiger partial charge >= 0.3 is 0 Å². The first kappa shape index (κ1) is 17.8. The third-order valence-electron chi connectivity index (χ3n) is 4.36. The normalized spacial score (nSPS) is 15.8. The Balaban J connectivity index is 1.86. The first-order valence-electron chi connectivity index (χ1n) is 8.16. The van der Waals surface area contributed by atoms with Crippen LogP contribution in [-0.4, -0.2) is 41.8 Å². The fourth-order valence-electron chi connectivity index (χ4n) is 2.97. The molecule has 126 valence electrons. The number of likely N-dealkylation sites (tertiary alicyclic amines) is 1. The molecule has 0 unspecified atom stereocenters. The molecule has 1 aliphatic rings. The van der Waals surface area contributed by atoms with Crippen molar-refractivity contribution in [2.45, 2.75) is 33.2 Å². The summed E-state index contributed by atoms with van der Waals surface area (Å²) in [4.78, 5) is 28.2. The second-order valence-corrected chi connectivity index (χ2v) is 7.01. The standard InChI is InChI=1S/C18H25ClN2O2/c1-13(2)17(22)21-10-8-15(9-11-21)18(23)20(3)12-14-4-6-16(19)7-5-14/h4-7,13,15H,8-12H2,1-3H3. The van der Waals surface area contributed by atoms with Gasteiger partial charge in [-0.15, -0.1) is 0 Å². The lowest BCUT2D eigenvalue weighted by atomic mass is 9.94. The Kier molecular flexibility index (Phi) is 6.05. The van der Waals surface area contributed by atoms with Crippen LogP contribution in [0.3, 0.4) is 0 Å². The molecule has 0 atom stereocenters. The van der Waals surface area contributed by atoms with E-state index in [9.17, 15) is 9.59 Å². The van der Waals surface area contributed by atoms with E-state index in [4.69, 9.17) is 11.6 Å². The number of piperidine rings is 1. The van der Waals surface area contributed by atoms with Crippen LogP contribution in [0.15, 0.2) is 24.3 Å². The highest BCUT2D eigenvalue weighted by Gasteiger charge is 2.29. The van der Waals surface area contributed by atoms with E-state index in [2.05, 4.69) is 0 Å². The summed E-state index contributed by atoms with van der Waals surface area (Å²) >= 11 is 5.88. The zero-order chi connectivity index (χ0) is 17.0. The second kappa shape index (κ2) is 7.82. The van der Waals surface area contributed by atoms with Crippen LogP contribution < -0.4 is 0 Å². The molecule has 0 aliphatic carbocycles. The number of carbonyl (C=O) groups is 2. The van der Waals surface area contributed by atoms with Crippen molar-refractivity contribution in [2.75, 3.05) is 20.1 Å². The van der Waals surface area contributed by atoms with E-state index in [1.807, 2.05) is 50.1 Å². The van der Waals surface area contributed by atoms with Crippen molar-refractivity contribution in [3.8, 4) is 0 Å². The molecule has 0 spiro atoms. The molecular formula is C18H25ClN2O2. The summed E-state index contributed by atoms with van der Waals surface area (Å²) in [5.41, 5.74) is 1.07. The van der Waals surface area contributed by atoms with Gasteiger partial charge in [-0.1, -0.05) is 37.6 Å². The Labute approximate surface area is 143 Å². The molecule has 0 radical (unpaired) electrons. The van der Waals surface area contributed by atoms with Gasteiger partial charge in [-0.25, -0.2) is 0 Å². The number of carbonyl (C=O) groups excluding carboxylic acids is 2. The number of halogens is 1. The quantitative estimate of drug-likeness (QED) is 0.847. The summed E-state index contributed by atoms with van der Waals surface area (Å²) in [6.07, 6.45) is 1.50. The predicted molar refractivity (Wildman–Crippen MR) is 92.1 cm³/mol. The van der Waals surface area contributed by atoms with Gasteiger partial charge in [-0.3, -0.25) is 9.59 Å². The van der Waals surface area contributed by atoms with Crippen LogP contribution in [0, 0.1) is 11.8 Å². The summed E-state index contributed by atoms with van der Waals surface area (Å²) in [5.74, 6) is 0.389. The van der Waals surface area contributed by atoms with Crippen molar-refractivity contribution in [1.82, 2.24) is 9.80 Å². The highest BCUT2D eigenvalue weighted by atomic mass is 35.5. The van der Waals surface area contributed by atoms with Crippen LogP contribution in [0.4, 0.5) is 0 Å². The smallest absolute Gasteiger partial charge is 0.225 e. The topological polar surface area (TPSA) is 40.6 Å². The van der Waals surface area contributed by atoms with E-state index in [0.717, 1.165) is 18.4 Å². The Morgan fingerprint density at radius 2 is 1.78 bits per heavy atom. The molecule has 23 heavy (non-hydrogen) atoms. The summed E-state index contributed by atoms with van der Waals surface area (Å²) in [5, 5.41) is 0.699. The van der Waals surface area contributed by atoms with E-state index in [1.54, 1.807) is 4.90 Å². The van der Waals surface area contributed by atoms with Gasteiger partial charge in [0.1, 0.15) is 0 Å². The molecule has 1 aliphatic heterocycles. The maximum Gasteiger partial charge on any atom is 0.225 e. The fourth-order valence-corrected chi connectivity index (χ4v) is 3.09. The van der Waals surface area contributed by atoms with Crippen molar-refractivity contribution >= 4 is 23.4 Å². The van der Waals surface area contributed by atoms with Gasteiger partial charge in [-0.2, -0.15) is 0 Å². The molecule has 0 aromatic heterocycles. The fraction of sp³-hybridized carbons (Fsp3) is 0.556. The van der Waals surface area contributed by atoms with Gasteiger partial charge in [0.2, 0.25) is 11.8 Å². The monoisotopic (exact) mass is 336 g/mol. The molecule has 1 heterocycles. The molecule has 1 aromatic carbocycles. The molecule has 1 saturated heterocycles. The Morgan fingerprint density at radius 3 is 2.30 bits per heavy atom. The van der Waals surface area contributed by atoms with E-state index in [0.29, 0.717) is 24.7 Å². The minimum Gasteiger partial charge on any atom is -0.342 e. The van der Waals surface area contributed by atoms with Crippen molar-refractivity contribution in [1.29, 1.82) is 0 Å². The summed E-state index contributed by atoms with van der Waals surface area (Å²) in [6.45, 7) is 5.78. The highest BCUT2D eigenvalue weighted by Crippen LogP contribution is 2.21. The molecule has 0 bridgehead atoms. The van der Waals surface area contributed by atoms with Crippen molar-refractivity contribution in [3.63, 3.8) is 0 Å².